The maximum Gasteiger partial charge on any atom is 0.255 e. The number of fused-ring (bicyclic) bond motifs is 1. The van der Waals surface area contributed by atoms with Crippen LogP contribution in [0.1, 0.15) is 20.7 Å². The van der Waals surface area contributed by atoms with E-state index in [0.29, 0.717) is 34.0 Å². The minimum atomic E-state index is -0.256. The fourth-order valence-corrected chi connectivity index (χ4v) is 4.14. The standard InChI is InChI=1S/C31H28N4O6/c36-15-17-40-27-10-1-21(2-11-27)30(38)33-24-5-8-26(9-6-24)35-29-14-7-25(19-23(29)20-32-35)34-31(39)22-3-12-28(13-4-22)41-18-16-37/h1-14,19-20,36-37H,15-18H2,(H,33,38)(H,34,39). The quantitative estimate of drug-likeness (QED) is 0.192. The summed E-state index contributed by atoms with van der Waals surface area (Å²) in [6, 6.07) is 26.2. The number of hydrogen-bond donors (Lipinski definition) is 4. The van der Waals surface area contributed by atoms with Gasteiger partial charge in [0.1, 0.15) is 24.7 Å². The van der Waals surface area contributed by atoms with E-state index in [1.165, 1.54) is 0 Å². The van der Waals surface area contributed by atoms with Crippen LogP contribution in [0.3, 0.4) is 0 Å². The molecule has 0 saturated heterocycles. The summed E-state index contributed by atoms with van der Waals surface area (Å²) in [7, 11) is 0. The average molecular weight is 553 g/mol. The Bertz CT molecular complexity index is 1630. The largest absolute Gasteiger partial charge is 0.491 e. The highest BCUT2D eigenvalue weighted by Crippen LogP contribution is 2.24. The van der Waals surface area contributed by atoms with Crippen molar-refractivity contribution in [2.45, 2.75) is 0 Å². The van der Waals surface area contributed by atoms with Gasteiger partial charge >= 0.3 is 0 Å². The molecule has 10 nitrogen and oxygen atoms in total. The van der Waals surface area contributed by atoms with E-state index in [0.717, 1.165) is 16.6 Å². The van der Waals surface area contributed by atoms with Crippen molar-refractivity contribution in [1.82, 2.24) is 9.78 Å². The summed E-state index contributed by atoms with van der Waals surface area (Å²) < 4.78 is 12.4. The number of rotatable bonds is 11. The third kappa shape index (κ3) is 6.70. The molecule has 0 bridgehead atoms. The monoisotopic (exact) mass is 552 g/mol. The Balaban J connectivity index is 1.22. The SMILES string of the molecule is O=C(Nc1ccc(-n2ncc3cc(NC(=O)c4ccc(OCCO)cc4)ccc32)cc1)c1ccc(OCCO)cc1. The first kappa shape index (κ1) is 27.4. The van der Waals surface area contributed by atoms with Crippen LogP contribution < -0.4 is 20.1 Å². The van der Waals surface area contributed by atoms with Gasteiger partial charge in [-0.05, 0) is 91.0 Å². The Labute approximate surface area is 235 Å². The molecule has 41 heavy (non-hydrogen) atoms. The Morgan fingerprint density at radius 1 is 0.683 bits per heavy atom. The molecule has 5 aromatic rings. The van der Waals surface area contributed by atoms with Crippen molar-refractivity contribution in [3.63, 3.8) is 0 Å². The van der Waals surface area contributed by atoms with Crippen molar-refractivity contribution < 1.29 is 29.3 Å². The van der Waals surface area contributed by atoms with Gasteiger partial charge < -0.3 is 30.3 Å². The van der Waals surface area contributed by atoms with E-state index in [1.807, 2.05) is 30.3 Å². The summed E-state index contributed by atoms with van der Waals surface area (Å²) in [5.74, 6) is 0.651. The summed E-state index contributed by atoms with van der Waals surface area (Å²) in [4.78, 5) is 25.3. The zero-order valence-electron chi connectivity index (χ0n) is 22.0. The highest BCUT2D eigenvalue weighted by Gasteiger charge is 2.11. The number of aliphatic hydroxyl groups is 2. The Morgan fingerprint density at radius 3 is 1.73 bits per heavy atom. The van der Waals surface area contributed by atoms with Gasteiger partial charge in [-0.3, -0.25) is 9.59 Å². The first-order valence-electron chi connectivity index (χ1n) is 12.9. The van der Waals surface area contributed by atoms with Crippen molar-refractivity contribution in [3.8, 4) is 17.2 Å². The van der Waals surface area contributed by atoms with Gasteiger partial charge in [0.15, 0.2) is 0 Å². The summed E-state index contributed by atoms with van der Waals surface area (Å²) in [6.45, 7) is 0.233. The second kappa shape index (κ2) is 12.8. The third-order valence-electron chi connectivity index (χ3n) is 6.15. The van der Waals surface area contributed by atoms with E-state index in [2.05, 4.69) is 15.7 Å². The summed E-state index contributed by atoms with van der Waals surface area (Å²) >= 11 is 0. The van der Waals surface area contributed by atoms with Gasteiger partial charge in [-0.1, -0.05) is 0 Å². The molecule has 10 heteroatoms. The molecule has 0 aliphatic carbocycles. The van der Waals surface area contributed by atoms with E-state index in [1.54, 1.807) is 71.5 Å². The van der Waals surface area contributed by atoms with Crippen molar-refractivity contribution in [1.29, 1.82) is 0 Å². The number of ether oxygens (including phenoxy) is 2. The van der Waals surface area contributed by atoms with Gasteiger partial charge in [0.25, 0.3) is 11.8 Å². The van der Waals surface area contributed by atoms with Crippen LogP contribution in [0.4, 0.5) is 11.4 Å². The predicted octanol–water partition coefficient (Wildman–Crippen LogP) is 4.27. The lowest BCUT2D eigenvalue weighted by atomic mass is 10.2. The Morgan fingerprint density at radius 2 is 1.20 bits per heavy atom. The number of aliphatic hydroxyl groups excluding tert-OH is 2. The van der Waals surface area contributed by atoms with Crippen molar-refractivity contribution in [2.24, 2.45) is 0 Å². The van der Waals surface area contributed by atoms with Crippen LogP contribution in [0, 0.1) is 0 Å². The molecule has 4 N–H and O–H groups in total. The highest BCUT2D eigenvalue weighted by molar-refractivity contribution is 6.05. The molecule has 0 aliphatic heterocycles. The van der Waals surface area contributed by atoms with Crippen molar-refractivity contribution in [3.05, 3.63) is 108 Å². The van der Waals surface area contributed by atoms with E-state index < -0.39 is 0 Å². The van der Waals surface area contributed by atoms with Gasteiger partial charge in [-0.25, -0.2) is 4.68 Å². The predicted molar refractivity (Wildman–Crippen MR) is 155 cm³/mol. The molecule has 0 saturated carbocycles. The van der Waals surface area contributed by atoms with Crippen LogP contribution in [-0.4, -0.2) is 58.2 Å². The number of benzene rings is 4. The molecule has 1 heterocycles. The second-order valence-corrected chi connectivity index (χ2v) is 8.98. The van der Waals surface area contributed by atoms with E-state index in [4.69, 9.17) is 19.7 Å². The first-order valence-corrected chi connectivity index (χ1v) is 12.9. The lowest BCUT2D eigenvalue weighted by Crippen LogP contribution is -2.12. The molecular weight excluding hydrogens is 524 g/mol. The van der Waals surface area contributed by atoms with Crippen LogP contribution in [-0.2, 0) is 0 Å². The number of nitrogens with zero attached hydrogens (tertiary/aromatic N) is 2. The Hall–Kier alpha value is -5.19. The minimum absolute atomic E-state index is 0.0772. The third-order valence-corrected chi connectivity index (χ3v) is 6.15. The van der Waals surface area contributed by atoms with Crippen LogP contribution in [0.15, 0.2) is 97.2 Å². The number of carbonyl (C=O) groups is 2. The van der Waals surface area contributed by atoms with Crippen LogP contribution in [0.25, 0.3) is 16.6 Å². The van der Waals surface area contributed by atoms with Gasteiger partial charge in [0.2, 0.25) is 0 Å². The minimum Gasteiger partial charge on any atom is -0.491 e. The smallest absolute Gasteiger partial charge is 0.255 e. The lowest BCUT2D eigenvalue weighted by Gasteiger charge is -2.09. The molecular formula is C31H28N4O6. The maximum absolute atomic E-state index is 12.7. The van der Waals surface area contributed by atoms with Crippen LogP contribution >= 0.6 is 0 Å². The second-order valence-electron chi connectivity index (χ2n) is 8.98. The zero-order valence-corrected chi connectivity index (χ0v) is 22.0. The zero-order chi connectivity index (χ0) is 28.6. The van der Waals surface area contributed by atoms with Gasteiger partial charge in [0, 0.05) is 27.9 Å². The number of anilines is 2. The molecule has 0 aliphatic rings. The molecule has 4 aromatic carbocycles. The Kier molecular flexibility index (Phi) is 8.53. The van der Waals surface area contributed by atoms with Gasteiger partial charge in [0.05, 0.1) is 30.6 Å². The number of nitrogens with one attached hydrogen (secondary N) is 2. The molecule has 2 amide bonds. The summed E-state index contributed by atoms with van der Waals surface area (Å²) in [6.07, 6.45) is 1.72. The van der Waals surface area contributed by atoms with Crippen molar-refractivity contribution in [2.75, 3.05) is 37.1 Å². The molecule has 208 valence electrons. The number of aromatic nitrogens is 2. The average Bonchev–Trinajstić information content (AvgIpc) is 3.43. The normalized spacial score (nSPS) is 10.8. The lowest BCUT2D eigenvalue weighted by molar-refractivity contribution is 0.101. The highest BCUT2D eigenvalue weighted by atomic mass is 16.5. The summed E-state index contributed by atoms with van der Waals surface area (Å²) in [5.41, 5.74) is 3.89. The van der Waals surface area contributed by atoms with E-state index in [9.17, 15) is 9.59 Å². The number of hydrogen-bond acceptors (Lipinski definition) is 7. The molecule has 0 atom stereocenters. The molecule has 1 aromatic heterocycles. The number of amides is 2. The fraction of sp³-hybridized carbons (Fsp3) is 0.129. The van der Waals surface area contributed by atoms with Crippen LogP contribution in [0.5, 0.6) is 11.5 Å². The van der Waals surface area contributed by atoms with Gasteiger partial charge in [-0.15, -0.1) is 0 Å². The van der Waals surface area contributed by atoms with Gasteiger partial charge in [-0.2, -0.15) is 5.10 Å². The molecule has 0 fully saturated rings. The molecule has 0 spiro atoms. The molecule has 0 radical (unpaired) electrons. The molecule has 5 rings (SSSR count). The fourth-order valence-electron chi connectivity index (χ4n) is 4.14. The van der Waals surface area contributed by atoms with E-state index >= 15 is 0 Å². The summed E-state index contributed by atoms with van der Waals surface area (Å²) in [5, 5.41) is 28.8. The topological polar surface area (TPSA) is 135 Å². The maximum atomic E-state index is 12.7. The van der Waals surface area contributed by atoms with E-state index in [-0.39, 0.29) is 38.2 Å². The number of carbonyl (C=O) groups excluding carboxylic acids is 2. The first-order chi connectivity index (χ1) is 20.0. The molecule has 0 unspecified atom stereocenters. The van der Waals surface area contributed by atoms with Crippen molar-refractivity contribution >= 4 is 34.1 Å². The van der Waals surface area contributed by atoms with Crippen LogP contribution in [0.2, 0.25) is 0 Å².